The molecule has 1 heterocycles. The van der Waals surface area contributed by atoms with Crippen LogP contribution in [0.15, 0.2) is 4.99 Å². The molecular weight excluding hydrogens is 262 g/mol. The third-order valence-corrected chi connectivity index (χ3v) is 5.89. The van der Waals surface area contributed by atoms with Crippen LogP contribution in [0.25, 0.3) is 0 Å². The zero-order valence-corrected chi connectivity index (χ0v) is 13.8. The minimum atomic E-state index is 0.396. The molecule has 0 aromatic carbocycles. The first-order chi connectivity index (χ1) is 10.2. The number of guanidine groups is 1. The molecule has 3 rings (SSSR count). The Hall–Kier alpha value is -0.770. The molecule has 0 aromatic rings. The fourth-order valence-electron chi connectivity index (χ4n) is 4.68. The van der Waals surface area contributed by atoms with Crippen molar-refractivity contribution in [2.24, 2.45) is 16.3 Å². The van der Waals surface area contributed by atoms with Crippen molar-refractivity contribution in [2.45, 2.75) is 77.5 Å². The molecule has 2 N–H and O–H groups in total. The van der Waals surface area contributed by atoms with Gasteiger partial charge >= 0.3 is 0 Å². The van der Waals surface area contributed by atoms with Gasteiger partial charge in [0.25, 0.3) is 0 Å². The minimum Gasteiger partial charge on any atom is -0.377 e. The summed E-state index contributed by atoms with van der Waals surface area (Å²) in [7, 11) is 0. The van der Waals surface area contributed by atoms with E-state index in [0.29, 0.717) is 29.5 Å². The highest BCUT2D eigenvalue weighted by Gasteiger charge is 2.65. The van der Waals surface area contributed by atoms with E-state index in [4.69, 9.17) is 4.74 Å². The second kappa shape index (κ2) is 6.15. The van der Waals surface area contributed by atoms with Gasteiger partial charge in [0.2, 0.25) is 0 Å². The van der Waals surface area contributed by atoms with Crippen LogP contribution in [0, 0.1) is 11.3 Å². The van der Waals surface area contributed by atoms with Gasteiger partial charge in [0.15, 0.2) is 5.96 Å². The smallest absolute Gasteiger partial charge is 0.191 e. The summed E-state index contributed by atoms with van der Waals surface area (Å²) in [4.78, 5) is 4.66. The van der Waals surface area contributed by atoms with E-state index >= 15 is 0 Å². The van der Waals surface area contributed by atoms with Crippen molar-refractivity contribution in [2.75, 3.05) is 13.2 Å². The molecule has 1 aliphatic heterocycles. The second-order valence-electron chi connectivity index (χ2n) is 7.08. The molecule has 2 aliphatic carbocycles. The summed E-state index contributed by atoms with van der Waals surface area (Å²) in [6.45, 7) is 8.32. The Balaban J connectivity index is 1.70. The third-order valence-electron chi connectivity index (χ3n) is 5.89. The van der Waals surface area contributed by atoms with Crippen LogP contribution in [-0.4, -0.2) is 37.3 Å². The first-order valence-electron chi connectivity index (χ1n) is 8.90. The van der Waals surface area contributed by atoms with E-state index in [2.05, 4.69) is 36.4 Å². The van der Waals surface area contributed by atoms with Gasteiger partial charge in [-0.3, -0.25) is 4.99 Å². The number of nitrogens with zero attached hydrogens (tertiary/aromatic N) is 1. The predicted octanol–water partition coefficient (Wildman–Crippen LogP) is 2.69. The quantitative estimate of drug-likeness (QED) is 0.619. The summed E-state index contributed by atoms with van der Waals surface area (Å²) in [6.07, 6.45) is 8.24. The third kappa shape index (κ3) is 2.56. The highest BCUT2D eigenvalue weighted by molar-refractivity contribution is 5.80. The summed E-state index contributed by atoms with van der Waals surface area (Å²) in [5, 5.41) is 7.33. The van der Waals surface area contributed by atoms with Crippen LogP contribution in [0.2, 0.25) is 0 Å². The molecule has 0 bridgehead atoms. The molecule has 120 valence electrons. The van der Waals surface area contributed by atoms with Crippen LogP contribution < -0.4 is 10.6 Å². The van der Waals surface area contributed by atoms with E-state index < -0.39 is 0 Å². The van der Waals surface area contributed by atoms with E-state index in [1.54, 1.807) is 0 Å². The van der Waals surface area contributed by atoms with Crippen LogP contribution in [0.1, 0.15) is 59.3 Å². The fraction of sp³-hybridized carbons (Fsp3) is 0.941. The summed E-state index contributed by atoms with van der Waals surface area (Å²) < 4.78 is 6.06. The molecule has 0 aromatic heterocycles. The molecule has 1 spiro atoms. The Kier molecular flexibility index (Phi) is 4.43. The van der Waals surface area contributed by atoms with Crippen LogP contribution in [0.4, 0.5) is 0 Å². The Morgan fingerprint density at radius 3 is 2.76 bits per heavy atom. The van der Waals surface area contributed by atoms with Crippen molar-refractivity contribution in [3.8, 4) is 0 Å². The van der Waals surface area contributed by atoms with E-state index in [-0.39, 0.29) is 0 Å². The lowest BCUT2D eigenvalue weighted by atomic mass is 9.54. The lowest BCUT2D eigenvalue weighted by Gasteiger charge is -2.57. The summed E-state index contributed by atoms with van der Waals surface area (Å²) in [5.74, 6) is 1.71. The molecule has 0 radical (unpaired) electrons. The number of fused-ring (bicyclic) bond motifs is 2. The van der Waals surface area contributed by atoms with Gasteiger partial charge in [-0.1, -0.05) is 19.8 Å². The fourth-order valence-corrected chi connectivity index (χ4v) is 4.68. The monoisotopic (exact) mass is 293 g/mol. The van der Waals surface area contributed by atoms with E-state index in [1.165, 1.54) is 32.1 Å². The molecule has 2 saturated carbocycles. The SMILES string of the molecule is CCN=C(NC(C)CC)NC1C2CCOC2C12CCCC2. The van der Waals surface area contributed by atoms with Gasteiger partial charge in [-0.15, -0.1) is 0 Å². The normalized spacial score (nSPS) is 35.4. The van der Waals surface area contributed by atoms with Gasteiger partial charge in [-0.25, -0.2) is 0 Å². The largest absolute Gasteiger partial charge is 0.377 e. The predicted molar refractivity (Wildman–Crippen MR) is 86.5 cm³/mol. The average Bonchev–Trinajstić information content (AvgIpc) is 3.12. The molecule has 4 unspecified atom stereocenters. The van der Waals surface area contributed by atoms with Crippen molar-refractivity contribution in [1.29, 1.82) is 0 Å². The number of nitrogens with one attached hydrogen (secondary N) is 2. The maximum absolute atomic E-state index is 6.06. The van der Waals surface area contributed by atoms with E-state index in [1.807, 2.05) is 0 Å². The van der Waals surface area contributed by atoms with Crippen molar-refractivity contribution in [3.05, 3.63) is 0 Å². The lowest BCUT2D eigenvalue weighted by molar-refractivity contribution is -0.125. The van der Waals surface area contributed by atoms with Crippen molar-refractivity contribution in [1.82, 2.24) is 10.6 Å². The van der Waals surface area contributed by atoms with Gasteiger partial charge in [-0.05, 0) is 39.5 Å². The van der Waals surface area contributed by atoms with Crippen LogP contribution in [0.5, 0.6) is 0 Å². The zero-order chi connectivity index (χ0) is 14.9. The van der Waals surface area contributed by atoms with Gasteiger partial charge in [0.1, 0.15) is 0 Å². The lowest BCUT2D eigenvalue weighted by Crippen LogP contribution is -2.69. The summed E-state index contributed by atoms with van der Waals surface area (Å²) in [6, 6.07) is 1.03. The topological polar surface area (TPSA) is 45.7 Å². The maximum Gasteiger partial charge on any atom is 0.191 e. The number of rotatable bonds is 4. The van der Waals surface area contributed by atoms with Crippen LogP contribution in [0.3, 0.4) is 0 Å². The van der Waals surface area contributed by atoms with E-state index in [0.717, 1.165) is 25.5 Å². The standard InChI is InChI=1S/C17H31N3O/c1-4-12(3)19-16(18-5-2)20-14-13-8-11-21-15(13)17(14)9-6-7-10-17/h12-15H,4-11H2,1-3H3,(H2,18,19,20). The molecular formula is C17H31N3O. The van der Waals surface area contributed by atoms with Gasteiger partial charge in [0.05, 0.1) is 6.10 Å². The van der Waals surface area contributed by atoms with Crippen LogP contribution in [-0.2, 0) is 4.74 Å². The molecule has 4 atom stereocenters. The second-order valence-corrected chi connectivity index (χ2v) is 7.08. The molecule has 4 heteroatoms. The minimum absolute atomic E-state index is 0.396. The van der Waals surface area contributed by atoms with Crippen molar-refractivity contribution >= 4 is 5.96 Å². The van der Waals surface area contributed by atoms with Gasteiger partial charge < -0.3 is 15.4 Å². The zero-order valence-electron chi connectivity index (χ0n) is 13.8. The molecule has 1 saturated heterocycles. The highest BCUT2D eigenvalue weighted by Crippen LogP contribution is 2.60. The number of hydrogen-bond acceptors (Lipinski definition) is 2. The summed E-state index contributed by atoms with van der Waals surface area (Å²) >= 11 is 0. The molecule has 0 amide bonds. The molecule has 3 fully saturated rings. The maximum atomic E-state index is 6.06. The van der Waals surface area contributed by atoms with E-state index in [9.17, 15) is 0 Å². The van der Waals surface area contributed by atoms with Crippen molar-refractivity contribution < 1.29 is 4.74 Å². The molecule has 3 aliphatic rings. The first-order valence-corrected chi connectivity index (χ1v) is 8.90. The Labute approximate surface area is 129 Å². The Morgan fingerprint density at radius 2 is 2.10 bits per heavy atom. The average molecular weight is 293 g/mol. The number of aliphatic imine (C=N–C) groups is 1. The molecule has 21 heavy (non-hydrogen) atoms. The van der Waals surface area contributed by atoms with Gasteiger partial charge in [0, 0.05) is 36.6 Å². The first kappa shape index (κ1) is 15.1. The van der Waals surface area contributed by atoms with Crippen molar-refractivity contribution in [3.63, 3.8) is 0 Å². The number of ether oxygens (including phenoxy) is 1. The van der Waals surface area contributed by atoms with Gasteiger partial charge in [-0.2, -0.15) is 0 Å². The molecule has 4 nitrogen and oxygen atoms in total. The Morgan fingerprint density at radius 1 is 1.33 bits per heavy atom. The highest BCUT2D eigenvalue weighted by atomic mass is 16.5. The Bertz CT molecular complexity index is 389. The summed E-state index contributed by atoms with van der Waals surface area (Å²) in [5.41, 5.74) is 0.396. The number of hydrogen-bond donors (Lipinski definition) is 2. The van der Waals surface area contributed by atoms with Crippen LogP contribution >= 0.6 is 0 Å².